The highest BCUT2D eigenvalue weighted by Crippen LogP contribution is 2.48. The van der Waals surface area contributed by atoms with Gasteiger partial charge in [0.05, 0.1) is 11.4 Å². The highest BCUT2D eigenvalue weighted by Gasteiger charge is 2.32. The van der Waals surface area contributed by atoms with Gasteiger partial charge in [-0.15, -0.1) is 10.2 Å². The molecule has 0 radical (unpaired) electrons. The van der Waals surface area contributed by atoms with Crippen molar-refractivity contribution in [1.82, 2.24) is 20.2 Å². The topological polar surface area (TPSA) is 63.9 Å². The molecule has 0 saturated carbocycles. The lowest BCUT2D eigenvalue weighted by Gasteiger charge is -2.32. The molecule has 148 valence electrons. The summed E-state index contributed by atoms with van der Waals surface area (Å²) in [6.45, 7) is 3.83. The summed E-state index contributed by atoms with van der Waals surface area (Å²) in [5, 5.41) is 12.8. The minimum Gasteiger partial charge on any atom is -0.277 e. The van der Waals surface area contributed by atoms with Gasteiger partial charge in [-0.05, 0) is 43.3 Å². The number of benzene rings is 3. The van der Waals surface area contributed by atoms with Crippen LogP contribution in [0.3, 0.4) is 0 Å². The van der Waals surface area contributed by atoms with E-state index in [1.54, 1.807) is 23.6 Å². The fraction of sp³-hybridized carbons (Fsp3) is 0.130. The summed E-state index contributed by atoms with van der Waals surface area (Å²) >= 11 is 1.67. The normalized spacial score (nSPS) is 13.5. The van der Waals surface area contributed by atoms with Gasteiger partial charge in [0.1, 0.15) is 6.04 Å². The quantitative estimate of drug-likeness (QED) is 0.471. The Balaban J connectivity index is 1.50. The van der Waals surface area contributed by atoms with Crippen LogP contribution in [-0.2, 0) is 4.79 Å². The standard InChI is InChI=1S/C23H19N5OS/c1-15-11-13-17(14-12-15)22-24-26-28(25-22)16(2)23(29)27-18-7-3-5-9-20(18)30-21-10-6-4-8-19(21)27/h3-14,16H,1-2H3/t16-/m1/s1. The summed E-state index contributed by atoms with van der Waals surface area (Å²) < 4.78 is 0. The molecule has 0 N–H and O–H groups in total. The first kappa shape index (κ1) is 18.6. The molecule has 1 amide bonds. The number of rotatable bonds is 3. The van der Waals surface area contributed by atoms with Gasteiger partial charge in [-0.2, -0.15) is 4.80 Å². The monoisotopic (exact) mass is 413 g/mol. The third kappa shape index (κ3) is 3.17. The number of nitrogens with zero attached hydrogens (tertiary/aromatic N) is 5. The van der Waals surface area contributed by atoms with Gasteiger partial charge in [-0.25, -0.2) is 0 Å². The van der Waals surface area contributed by atoms with Gasteiger partial charge in [-0.1, -0.05) is 65.9 Å². The zero-order valence-corrected chi connectivity index (χ0v) is 17.4. The summed E-state index contributed by atoms with van der Waals surface area (Å²) in [5.74, 6) is 0.396. The molecule has 3 aromatic carbocycles. The van der Waals surface area contributed by atoms with E-state index in [1.165, 1.54) is 4.80 Å². The van der Waals surface area contributed by atoms with Gasteiger partial charge in [0.15, 0.2) is 0 Å². The molecule has 0 unspecified atom stereocenters. The predicted octanol–water partition coefficient (Wildman–Crippen LogP) is 5.04. The van der Waals surface area contributed by atoms with E-state index in [0.29, 0.717) is 5.82 Å². The van der Waals surface area contributed by atoms with Crippen molar-refractivity contribution >= 4 is 29.0 Å². The zero-order chi connectivity index (χ0) is 20.7. The number of hydrogen-bond donors (Lipinski definition) is 0. The number of tetrazole rings is 1. The van der Waals surface area contributed by atoms with Crippen molar-refractivity contribution in [2.45, 2.75) is 29.7 Å². The minimum absolute atomic E-state index is 0.108. The number of carbonyl (C=O) groups is 1. The number of anilines is 2. The number of carbonyl (C=O) groups excluding carboxylic acids is 1. The van der Waals surface area contributed by atoms with Crippen LogP contribution >= 0.6 is 11.8 Å². The predicted molar refractivity (Wildman–Crippen MR) is 117 cm³/mol. The molecule has 6 nitrogen and oxygen atoms in total. The van der Waals surface area contributed by atoms with Crippen molar-refractivity contribution < 1.29 is 4.79 Å². The van der Waals surface area contributed by atoms with Crippen LogP contribution in [0.15, 0.2) is 82.6 Å². The van der Waals surface area contributed by atoms with E-state index in [9.17, 15) is 4.79 Å². The Hall–Kier alpha value is -3.45. The van der Waals surface area contributed by atoms with Crippen molar-refractivity contribution in [2.24, 2.45) is 0 Å². The highest BCUT2D eigenvalue weighted by molar-refractivity contribution is 7.99. The summed E-state index contributed by atoms with van der Waals surface area (Å²) in [4.78, 5) is 18.9. The minimum atomic E-state index is -0.610. The van der Waals surface area contributed by atoms with Crippen LogP contribution in [0.4, 0.5) is 11.4 Å². The van der Waals surface area contributed by atoms with E-state index in [4.69, 9.17) is 0 Å². The summed E-state index contributed by atoms with van der Waals surface area (Å²) in [6, 6.07) is 23.2. The number of aromatic nitrogens is 4. The molecule has 1 aliphatic heterocycles. The molecule has 0 saturated heterocycles. The molecule has 4 aromatic rings. The van der Waals surface area contributed by atoms with Crippen LogP contribution in [0.2, 0.25) is 0 Å². The van der Waals surface area contributed by atoms with Gasteiger partial charge in [-0.3, -0.25) is 9.69 Å². The second kappa shape index (κ2) is 7.42. The Morgan fingerprint density at radius 1 is 0.900 bits per heavy atom. The Morgan fingerprint density at radius 3 is 2.13 bits per heavy atom. The fourth-order valence-electron chi connectivity index (χ4n) is 3.44. The second-order valence-electron chi connectivity index (χ2n) is 7.19. The van der Waals surface area contributed by atoms with Crippen LogP contribution in [0.1, 0.15) is 18.5 Å². The molecule has 1 aromatic heterocycles. The Bertz CT molecular complexity index is 1190. The molecule has 7 heteroatoms. The van der Waals surface area contributed by atoms with E-state index in [0.717, 1.165) is 32.3 Å². The molecule has 0 fully saturated rings. The summed E-state index contributed by atoms with van der Waals surface area (Å²) in [5.41, 5.74) is 3.78. The fourth-order valence-corrected chi connectivity index (χ4v) is 4.49. The molecule has 0 aliphatic carbocycles. The summed E-state index contributed by atoms with van der Waals surface area (Å²) in [7, 11) is 0. The number of para-hydroxylation sites is 2. The van der Waals surface area contributed by atoms with Crippen LogP contribution in [-0.4, -0.2) is 26.1 Å². The third-order valence-electron chi connectivity index (χ3n) is 5.09. The molecule has 0 bridgehead atoms. The number of amides is 1. The van der Waals surface area contributed by atoms with E-state index < -0.39 is 6.04 Å². The van der Waals surface area contributed by atoms with Crippen LogP contribution in [0.5, 0.6) is 0 Å². The molecule has 2 heterocycles. The first-order valence-electron chi connectivity index (χ1n) is 9.68. The maximum atomic E-state index is 13.6. The van der Waals surface area contributed by atoms with E-state index in [1.807, 2.05) is 79.7 Å². The maximum Gasteiger partial charge on any atom is 0.258 e. The highest BCUT2D eigenvalue weighted by atomic mass is 32.2. The SMILES string of the molecule is Cc1ccc(-c2nnn([C@H](C)C(=O)N3c4ccccc4Sc4ccccc43)n2)cc1. The van der Waals surface area contributed by atoms with E-state index in [-0.39, 0.29) is 5.91 Å². The molecular weight excluding hydrogens is 394 g/mol. The molecule has 1 aliphatic rings. The molecular formula is C23H19N5OS. The average Bonchev–Trinajstić information content (AvgIpc) is 3.27. The van der Waals surface area contributed by atoms with Crippen molar-refractivity contribution in [3.63, 3.8) is 0 Å². The molecule has 0 spiro atoms. The Kier molecular flexibility index (Phi) is 4.59. The first-order chi connectivity index (χ1) is 14.6. The average molecular weight is 414 g/mol. The van der Waals surface area contributed by atoms with Gasteiger partial charge < -0.3 is 0 Å². The van der Waals surface area contributed by atoms with Crippen LogP contribution in [0, 0.1) is 6.92 Å². The lowest BCUT2D eigenvalue weighted by molar-refractivity contribution is -0.121. The van der Waals surface area contributed by atoms with Gasteiger partial charge >= 0.3 is 0 Å². The Morgan fingerprint density at radius 2 is 1.50 bits per heavy atom. The zero-order valence-electron chi connectivity index (χ0n) is 16.6. The van der Waals surface area contributed by atoms with E-state index in [2.05, 4.69) is 15.4 Å². The molecule has 5 rings (SSSR count). The largest absolute Gasteiger partial charge is 0.277 e. The summed E-state index contributed by atoms with van der Waals surface area (Å²) in [6.07, 6.45) is 0. The van der Waals surface area contributed by atoms with Crippen molar-refractivity contribution in [2.75, 3.05) is 4.90 Å². The smallest absolute Gasteiger partial charge is 0.258 e. The van der Waals surface area contributed by atoms with Gasteiger partial charge in [0, 0.05) is 15.4 Å². The van der Waals surface area contributed by atoms with E-state index >= 15 is 0 Å². The van der Waals surface area contributed by atoms with Crippen molar-refractivity contribution in [1.29, 1.82) is 0 Å². The Labute approximate surface area is 178 Å². The van der Waals surface area contributed by atoms with Crippen molar-refractivity contribution in [3.8, 4) is 11.4 Å². The molecule has 30 heavy (non-hydrogen) atoms. The maximum absolute atomic E-state index is 13.6. The van der Waals surface area contributed by atoms with Gasteiger partial charge in [0.2, 0.25) is 5.82 Å². The number of hydrogen-bond acceptors (Lipinski definition) is 5. The van der Waals surface area contributed by atoms with Gasteiger partial charge in [0.25, 0.3) is 5.91 Å². The van der Waals surface area contributed by atoms with Crippen LogP contribution in [0.25, 0.3) is 11.4 Å². The molecule has 1 atom stereocenters. The first-order valence-corrected chi connectivity index (χ1v) is 10.5. The number of fused-ring (bicyclic) bond motifs is 2. The lowest BCUT2D eigenvalue weighted by Crippen LogP contribution is -2.35. The van der Waals surface area contributed by atoms with Crippen LogP contribution < -0.4 is 4.90 Å². The second-order valence-corrected chi connectivity index (χ2v) is 8.27. The number of aryl methyl sites for hydroxylation is 1. The van der Waals surface area contributed by atoms with Crippen molar-refractivity contribution in [3.05, 3.63) is 78.4 Å². The third-order valence-corrected chi connectivity index (χ3v) is 6.22. The lowest BCUT2D eigenvalue weighted by atomic mass is 10.1.